The molecule has 6 heteroatoms. The van der Waals surface area contributed by atoms with Gasteiger partial charge in [-0.3, -0.25) is 0 Å². The van der Waals surface area contributed by atoms with Gasteiger partial charge >= 0.3 is 0 Å². The van der Waals surface area contributed by atoms with Gasteiger partial charge in [0.05, 0.1) is 16.8 Å². The number of hydrogen-bond acceptors (Lipinski definition) is 5. The van der Waals surface area contributed by atoms with Gasteiger partial charge < -0.3 is 11.1 Å². The van der Waals surface area contributed by atoms with Crippen molar-refractivity contribution in [2.24, 2.45) is 0 Å². The molecule has 0 spiro atoms. The van der Waals surface area contributed by atoms with Gasteiger partial charge in [-0.05, 0) is 36.5 Å². The highest BCUT2D eigenvalue weighted by molar-refractivity contribution is 5.99. The zero-order valence-corrected chi connectivity index (χ0v) is 16.6. The Kier molecular flexibility index (Phi) is 4.19. The van der Waals surface area contributed by atoms with Crippen molar-refractivity contribution in [1.29, 1.82) is 0 Å². The van der Waals surface area contributed by atoms with Crippen LogP contribution in [0.5, 0.6) is 0 Å². The predicted octanol–water partition coefficient (Wildman–Crippen LogP) is 4.76. The molecule has 0 aliphatic heterocycles. The third kappa shape index (κ3) is 3.31. The fourth-order valence-electron chi connectivity index (χ4n) is 3.49. The third-order valence-electron chi connectivity index (χ3n) is 5.33. The highest BCUT2D eigenvalue weighted by atomic mass is 15.3. The lowest BCUT2D eigenvalue weighted by Gasteiger charge is -2.09. The van der Waals surface area contributed by atoms with Crippen molar-refractivity contribution >= 4 is 22.8 Å². The van der Waals surface area contributed by atoms with Gasteiger partial charge in [-0.25, -0.2) is 9.67 Å². The molecule has 0 bridgehead atoms. The molecule has 1 aliphatic rings. The summed E-state index contributed by atoms with van der Waals surface area (Å²) in [5.41, 5.74) is 11.2. The topological polar surface area (TPSA) is 81.7 Å². The number of nitrogens with zero attached hydrogens (tertiary/aromatic N) is 4. The summed E-state index contributed by atoms with van der Waals surface area (Å²) in [4.78, 5) is 9.46. The summed E-state index contributed by atoms with van der Waals surface area (Å²) < 4.78 is 1.76. The van der Waals surface area contributed by atoms with E-state index in [0.29, 0.717) is 29.4 Å². The van der Waals surface area contributed by atoms with Crippen molar-refractivity contribution in [3.05, 3.63) is 60.2 Å². The van der Waals surface area contributed by atoms with Gasteiger partial charge in [-0.15, -0.1) is 5.10 Å². The summed E-state index contributed by atoms with van der Waals surface area (Å²) in [5.74, 6) is 1.64. The van der Waals surface area contributed by atoms with Crippen LogP contribution in [0.2, 0.25) is 0 Å². The van der Waals surface area contributed by atoms with E-state index in [1.54, 1.807) is 4.68 Å². The minimum absolute atomic E-state index is 0.457. The van der Waals surface area contributed by atoms with Crippen LogP contribution < -0.4 is 11.1 Å². The molecule has 2 heterocycles. The predicted molar refractivity (Wildman–Crippen MR) is 117 cm³/mol. The van der Waals surface area contributed by atoms with Crippen molar-refractivity contribution in [2.45, 2.75) is 38.6 Å². The quantitative estimate of drug-likeness (QED) is 0.518. The lowest BCUT2D eigenvalue weighted by molar-refractivity contribution is 0.858. The van der Waals surface area contributed by atoms with Crippen molar-refractivity contribution in [2.75, 3.05) is 11.1 Å². The van der Waals surface area contributed by atoms with Crippen LogP contribution in [0.3, 0.4) is 0 Å². The van der Waals surface area contributed by atoms with Gasteiger partial charge in [-0.2, -0.15) is 4.98 Å². The van der Waals surface area contributed by atoms with Crippen molar-refractivity contribution < 1.29 is 0 Å². The van der Waals surface area contributed by atoms with E-state index in [-0.39, 0.29) is 0 Å². The van der Waals surface area contributed by atoms with Crippen LogP contribution in [0.25, 0.3) is 28.0 Å². The van der Waals surface area contributed by atoms with Crippen LogP contribution >= 0.6 is 0 Å². The summed E-state index contributed by atoms with van der Waals surface area (Å²) >= 11 is 0. The third-order valence-corrected chi connectivity index (χ3v) is 5.33. The van der Waals surface area contributed by atoms with Crippen molar-refractivity contribution in [3.63, 3.8) is 0 Å². The molecular weight excluding hydrogens is 360 g/mol. The van der Waals surface area contributed by atoms with E-state index < -0.39 is 0 Å². The zero-order valence-electron chi connectivity index (χ0n) is 16.6. The number of nitrogens with one attached hydrogen (secondary N) is 1. The number of hydrogen-bond donors (Lipinski definition) is 2. The fourth-order valence-corrected chi connectivity index (χ4v) is 3.49. The highest BCUT2D eigenvalue weighted by Crippen LogP contribution is 2.34. The number of fused-ring (bicyclic) bond motifs is 1. The standard InChI is InChI=1S/C23H24N6/c1-14(2)15-8-12-18(13-9-15)29-21(24)19-20(16-6-4-3-5-7-16)26-23(25-17-10-11-17)27-22(19)28-29/h3-9,12-14,17H,10-11,24H2,1-2H3,(H,25,27,28). The monoisotopic (exact) mass is 384 g/mol. The summed E-state index contributed by atoms with van der Waals surface area (Å²) in [6.45, 7) is 4.36. The normalized spacial score (nSPS) is 13.9. The average molecular weight is 384 g/mol. The Morgan fingerprint density at radius 3 is 2.38 bits per heavy atom. The number of nitrogen functional groups attached to an aromatic ring is 1. The minimum Gasteiger partial charge on any atom is -0.383 e. The molecule has 0 amide bonds. The summed E-state index contributed by atoms with van der Waals surface area (Å²) in [5, 5.41) is 8.91. The molecule has 0 saturated heterocycles. The molecular formula is C23H24N6. The SMILES string of the molecule is CC(C)c1ccc(-n2nc3nc(NC4CC4)nc(-c4ccccc4)c3c2N)cc1. The average Bonchev–Trinajstić information content (AvgIpc) is 3.49. The maximum Gasteiger partial charge on any atom is 0.225 e. The first-order valence-electron chi connectivity index (χ1n) is 10.1. The van der Waals surface area contributed by atoms with E-state index >= 15 is 0 Å². The van der Waals surface area contributed by atoms with E-state index in [1.807, 2.05) is 30.3 Å². The van der Waals surface area contributed by atoms with Crippen LogP contribution in [-0.4, -0.2) is 25.8 Å². The van der Waals surface area contributed by atoms with E-state index in [0.717, 1.165) is 35.2 Å². The fraction of sp³-hybridized carbons (Fsp3) is 0.261. The van der Waals surface area contributed by atoms with Crippen molar-refractivity contribution in [1.82, 2.24) is 19.7 Å². The largest absolute Gasteiger partial charge is 0.383 e. The van der Waals surface area contributed by atoms with Crippen LogP contribution in [0, 0.1) is 0 Å². The smallest absolute Gasteiger partial charge is 0.225 e. The molecule has 0 radical (unpaired) electrons. The number of benzene rings is 2. The van der Waals surface area contributed by atoms with Crippen LogP contribution in [0.1, 0.15) is 38.2 Å². The maximum absolute atomic E-state index is 6.57. The molecule has 2 aromatic heterocycles. The van der Waals surface area contributed by atoms with Crippen LogP contribution in [0.4, 0.5) is 11.8 Å². The van der Waals surface area contributed by atoms with Crippen LogP contribution in [-0.2, 0) is 0 Å². The van der Waals surface area contributed by atoms with E-state index in [1.165, 1.54) is 5.56 Å². The molecule has 3 N–H and O–H groups in total. The maximum atomic E-state index is 6.57. The Balaban J connectivity index is 1.68. The first-order chi connectivity index (χ1) is 14.1. The molecule has 4 aromatic rings. The Bertz CT molecular complexity index is 1160. The van der Waals surface area contributed by atoms with Gasteiger partial charge in [-0.1, -0.05) is 56.3 Å². The molecule has 29 heavy (non-hydrogen) atoms. The Labute approximate surface area is 169 Å². The summed E-state index contributed by atoms with van der Waals surface area (Å²) in [6.07, 6.45) is 2.31. The molecule has 5 rings (SSSR count). The molecule has 6 nitrogen and oxygen atoms in total. The van der Waals surface area contributed by atoms with Gasteiger partial charge in [0.15, 0.2) is 5.65 Å². The van der Waals surface area contributed by atoms with Gasteiger partial charge in [0.25, 0.3) is 0 Å². The lowest BCUT2D eigenvalue weighted by Crippen LogP contribution is -2.06. The molecule has 1 fully saturated rings. The lowest BCUT2D eigenvalue weighted by atomic mass is 10.0. The van der Waals surface area contributed by atoms with Gasteiger partial charge in [0.2, 0.25) is 5.95 Å². The Hall–Kier alpha value is -3.41. The first-order valence-corrected chi connectivity index (χ1v) is 10.1. The number of aromatic nitrogens is 4. The second-order valence-corrected chi connectivity index (χ2v) is 7.92. The molecule has 1 saturated carbocycles. The summed E-state index contributed by atoms with van der Waals surface area (Å²) in [7, 11) is 0. The number of nitrogens with two attached hydrogens (primary N) is 1. The van der Waals surface area contributed by atoms with Crippen LogP contribution in [0.15, 0.2) is 54.6 Å². The van der Waals surface area contributed by atoms with Crippen molar-refractivity contribution in [3.8, 4) is 16.9 Å². The molecule has 0 atom stereocenters. The van der Waals surface area contributed by atoms with E-state index in [9.17, 15) is 0 Å². The molecule has 0 unspecified atom stereocenters. The Morgan fingerprint density at radius 1 is 1.00 bits per heavy atom. The molecule has 2 aromatic carbocycles. The Morgan fingerprint density at radius 2 is 1.72 bits per heavy atom. The number of rotatable bonds is 5. The zero-order chi connectivity index (χ0) is 20.0. The summed E-state index contributed by atoms with van der Waals surface area (Å²) in [6, 6.07) is 18.9. The minimum atomic E-state index is 0.457. The number of anilines is 2. The molecule has 146 valence electrons. The highest BCUT2D eigenvalue weighted by Gasteiger charge is 2.24. The second-order valence-electron chi connectivity index (χ2n) is 7.92. The van der Waals surface area contributed by atoms with Gasteiger partial charge in [0.1, 0.15) is 5.82 Å². The first kappa shape index (κ1) is 17.7. The molecule has 1 aliphatic carbocycles. The second kappa shape index (κ2) is 6.88. The van der Waals surface area contributed by atoms with E-state index in [4.69, 9.17) is 15.8 Å². The van der Waals surface area contributed by atoms with Gasteiger partial charge in [0, 0.05) is 11.6 Å². The van der Waals surface area contributed by atoms with E-state index in [2.05, 4.69) is 48.4 Å².